The first-order chi connectivity index (χ1) is 6.86. The van der Waals surface area contributed by atoms with Gasteiger partial charge in [0, 0.05) is 4.90 Å². The Balaban J connectivity index is 2.28. The van der Waals surface area contributed by atoms with Crippen LogP contribution in [0, 0.1) is 0 Å². The van der Waals surface area contributed by atoms with Gasteiger partial charge in [0.15, 0.2) is 0 Å². The van der Waals surface area contributed by atoms with Gasteiger partial charge in [0.25, 0.3) is 0 Å². The lowest BCUT2D eigenvalue weighted by atomic mass is 10.4. The van der Waals surface area contributed by atoms with E-state index in [4.69, 9.17) is 4.42 Å². The number of hydrogen-bond acceptors (Lipinski definition) is 3. The molecule has 0 amide bonds. The molecule has 0 radical (unpaired) electrons. The summed E-state index contributed by atoms with van der Waals surface area (Å²) in [5, 5.41) is 0. The van der Waals surface area contributed by atoms with E-state index < -0.39 is 0 Å². The zero-order chi connectivity index (χ0) is 9.80. The van der Waals surface area contributed by atoms with Gasteiger partial charge in [0.1, 0.15) is 0 Å². The molecular weight excluding hydrogens is 196 g/mol. The molecule has 0 spiro atoms. The Bertz CT molecular complexity index is 462. The van der Waals surface area contributed by atoms with Crippen LogP contribution in [0.1, 0.15) is 0 Å². The molecule has 0 bridgehead atoms. The first-order valence-electron chi connectivity index (χ1n) is 4.17. The van der Waals surface area contributed by atoms with Crippen LogP contribution < -0.4 is 5.63 Å². The third-order valence-electron chi connectivity index (χ3n) is 1.67. The van der Waals surface area contributed by atoms with Crippen molar-refractivity contribution < 1.29 is 4.42 Å². The maximum atomic E-state index is 11.2. The van der Waals surface area contributed by atoms with Crippen LogP contribution in [0.4, 0.5) is 0 Å². The first-order valence-corrected chi connectivity index (χ1v) is 4.98. The quantitative estimate of drug-likeness (QED) is 0.753. The predicted octanol–water partition coefficient (Wildman–Crippen LogP) is 2.79. The number of hydrogen-bond donors (Lipinski definition) is 0. The van der Waals surface area contributed by atoms with E-state index in [1.807, 2.05) is 30.3 Å². The molecular formula is C11H8O2S. The molecule has 1 heterocycles. The van der Waals surface area contributed by atoms with Gasteiger partial charge in [-0.3, -0.25) is 0 Å². The average Bonchev–Trinajstić information content (AvgIpc) is 2.23. The lowest BCUT2D eigenvalue weighted by Crippen LogP contribution is -1.99. The summed E-state index contributed by atoms with van der Waals surface area (Å²) in [5.41, 5.74) is -0.290. The third-order valence-corrected chi connectivity index (χ3v) is 2.70. The van der Waals surface area contributed by atoms with Gasteiger partial charge >= 0.3 is 5.63 Å². The van der Waals surface area contributed by atoms with E-state index in [1.54, 1.807) is 12.1 Å². The average molecular weight is 204 g/mol. The Morgan fingerprint density at radius 2 is 1.79 bits per heavy atom. The Kier molecular flexibility index (Phi) is 2.70. The zero-order valence-corrected chi connectivity index (χ0v) is 8.16. The molecule has 0 saturated carbocycles. The maximum absolute atomic E-state index is 11.2. The summed E-state index contributed by atoms with van der Waals surface area (Å²) in [6, 6.07) is 13.2. The second-order valence-electron chi connectivity index (χ2n) is 2.68. The van der Waals surface area contributed by atoms with Gasteiger partial charge in [-0.15, -0.1) is 0 Å². The van der Waals surface area contributed by atoms with Crippen molar-refractivity contribution in [2.24, 2.45) is 0 Å². The van der Waals surface area contributed by atoms with Gasteiger partial charge in [0.2, 0.25) is 0 Å². The molecule has 2 aromatic rings. The summed E-state index contributed by atoms with van der Waals surface area (Å²) in [5.74, 6) is 0. The van der Waals surface area contributed by atoms with Crippen LogP contribution in [0.25, 0.3) is 0 Å². The summed E-state index contributed by atoms with van der Waals surface area (Å²) in [6.07, 6.45) is 1.39. The minimum atomic E-state index is -0.290. The largest absolute Gasteiger partial charge is 0.431 e. The first kappa shape index (κ1) is 9.09. The number of benzene rings is 1. The lowest BCUT2D eigenvalue weighted by molar-refractivity contribution is 0.494. The van der Waals surface area contributed by atoms with Gasteiger partial charge in [0.05, 0.1) is 11.2 Å². The molecule has 0 atom stereocenters. The van der Waals surface area contributed by atoms with Crippen LogP contribution >= 0.6 is 11.8 Å². The van der Waals surface area contributed by atoms with Gasteiger partial charge < -0.3 is 4.42 Å². The molecule has 14 heavy (non-hydrogen) atoms. The minimum Gasteiger partial charge on any atom is -0.431 e. The Morgan fingerprint density at radius 1 is 1.00 bits per heavy atom. The highest BCUT2D eigenvalue weighted by Gasteiger charge is 2.01. The second-order valence-corrected chi connectivity index (χ2v) is 3.80. The van der Waals surface area contributed by atoms with E-state index in [2.05, 4.69) is 0 Å². The van der Waals surface area contributed by atoms with Crippen molar-refractivity contribution in [1.29, 1.82) is 0 Å². The van der Waals surface area contributed by atoms with Crippen LogP contribution in [0.15, 0.2) is 67.7 Å². The van der Waals surface area contributed by atoms with Gasteiger partial charge in [-0.1, -0.05) is 30.0 Å². The molecule has 0 fully saturated rings. The molecule has 1 aromatic carbocycles. The highest BCUT2D eigenvalue weighted by Crippen LogP contribution is 2.23. The fraction of sp³-hybridized carbons (Fsp3) is 0. The van der Waals surface area contributed by atoms with Crippen molar-refractivity contribution in [2.45, 2.75) is 9.79 Å². The molecule has 0 aliphatic heterocycles. The molecule has 0 N–H and O–H groups in total. The van der Waals surface area contributed by atoms with Crippen molar-refractivity contribution >= 4 is 11.8 Å². The van der Waals surface area contributed by atoms with Crippen molar-refractivity contribution in [2.75, 3.05) is 0 Å². The van der Waals surface area contributed by atoms with Crippen LogP contribution in [-0.4, -0.2) is 0 Å². The van der Waals surface area contributed by atoms with Crippen LogP contribution in [0.3, 0.4) is 0 Å². The molecule has 70 valence electrons. The van der Waals surface area contributed by atoms with Crippen molar-refractivity contribution in [3.05, 3.63) is 59.1 Å². The summed E-state index contributed by atoms with van der Waals surface area (Å²) >= 11 is 1.41. The van der Waals surface area contributed by atoms with Crippen LogP contribution in [0.5, 0.6) is 0 Å². The van der Waals surface area contributed by atoms with E-state index in [1.165, 1.54) is 18.0 Å². The summed E-state index contributed by atoms with van der Waals surface area (Å²) in [4.78, 5) is 12.9. The molecule has 0 saturated heterocycles. The van der Waals surface area contributed by atoms with Crippen molar-refractivity contribution in [1.82, 2.24) is 0 Å². The van der Waals surface area contributed by atoms with E-state index in [9.17, 15) is 4.79 Å². The molecule has 2 nitrogen and oxygen atoms in total. The van der Waals surface area contributed by atoms with Gasteiger partial charge in [-0.2, -0.15) is 0 Å². The second kappa shape index (κ2) is 4.15. The summed E-state index contributed by atoms with van der Waals surface area (Å²) in [6.45, 7) is 0. The third kappa shape index (κ3) is 2.06. The summed E-state index contributed by atoms with van der Waals surface area (Å²) in [7, 11) is 0. The van der Waals surface area contributed by atoms with E-state index in [-0.39, 0.29) is 5.63 Å². The fourth-order valence-corrected chi connectivity index (χ4v) is 1.87. The standard InChI is InChI=1S/C11H8O2S/c12-11-10(7-4-8-13-11)14-9-5-2-1-3-6-9/h1-8H. The molecule has 0 aliphatic carbocycles. The molecule has 1 aromatic heterocycles. The highest BCUT2D eigenvalue weighted by atomic mass is 32.2. The van der Waals surface area contributed by atoms with E-state index in [0.717, 1.165) is 4.90 Å². The van der Waals surface area contributed by atoms with Crippen molar-refractivity contribution in [3.8, 4) is 0 Å². The molecule has 0 unspecified atom stereocenters. The smallest absolute Gasteiger partial charge is 0.349 e. The van der Waals surface area contributed by atoms with Gasteiger partial charge in [-0.05, 0) is 24.3 Å². The molecule has 3 heteroatoms. The van der Waals surface area contributed by atoms with E-state index in [0.29, 0.717) is 4.90 Å². The Labute approximate surface area is 85.6 Å². The zero-order valence-electron chi connectivity index (χ0n) is 7.34. The fourth-order valence-electron chi connectivity index (χ4n) is 1.05. The monoisotopic (exact) mass is 204 g/mol. The van der Waals surface area contributed by atoms with Crippen molar-refractivity contribution in [3.63, 3.8) is 0 Å². The Hall–Kier alpha value is -1.48. The normalized spacial score (nSPS) is 10.0. The number of rotatable bonds is 2. The minimum absolute atomic E-state index is 0.290. The maximum Gasteiger partial charge on any atom is 0.349 e. The van der Waals surface area contributed by atoms with Gasteiger partial charge in [-0.25, -0.2) is 4.79 Å². The predicted molar refractivity (Wildman–Crippen MR) is 55.5 cm³/mol. The SMILES string of the molecule is O=c1occcc1Sc1ccccc1. The molecule has 2 rings (SSSR count). The van der Waals surface area contributed by atoms with E-state index >= 15 is 0 Å². The highest BCUT2D eigenvalue weighted by molar-refractivity contribution is 7.99. The van der Waals surface area contributed by atoms with Crippen LogP contribution in [0.2, 0.25) is 0 Å². The lowest BCUT2D eigenvalue weighted by Gasteiger charge is -1.97. The Morgan fingerprint density at radius 3 is 2.50 bits per heavy atom. The topological polar surface area (TPSA) is 30.2 Å². The molecule has 0 aliphatic rings. The van der Waals surface area contributed by atoms with Crippen LogP contribution in [-0.2, 0) is 0 Å². The summed E-state index contributed by atoms with van der Waals surface area (Å²) < 4.78 is 4.75.